The van der Waals surface area contributed by atoms with Crippen LogP contribution in [0.25, 0.3) is 0 Å². The molecule has 0 heterocycles. The summed E-state index contributed by atoms with van der Waals surface area (Å²) in [5.74, 6) is -0.368. The van der Waals surface area contributed by atoms with Crippen LogP contribution in [0.4, 0.5) is 0 Å². The van der Waals surface area contributed by atoms with Crippen LogP contribution < -0.4 is 0 Å². The minimum absolute atomic E-state index is 0.139. The average Bonchev–Trinajstić information content (AvgIpc) is 3.03. The number of allylic oxidation sites excluding steroid dienone is 4. The molecule has 0 aromatic carbocycles. The molecule has 0 rings (SSSR count). The predicted octanol–water partition coefficient (Wildman–Crippen LogP) is 12.1. The second-order valence-electron chi connectivity index (χ2n) is 13.7. The van der Waals surface area contributed by atoms with Gasteiger partial charge in [-0.2, -0.15) is 0 Å². The second kappa shape index (κ2) is 36.2. The molecule has 270 valence electrons. The van der Waals surface area contributed by atoms with Crippen LogP contribution in [0.15, 0.2) is 24.3 Å². The Balaban J connectivity index is 3.78. The first-order chi connectivity index (χ1) is 22.5. The normalized spacial score (nSPS) is 12.5. The van der Waals surface area contributed by atoms with Gasteiger partial charge in [0, 0.05) is 19.4 Å². The molecule has 1 atom stereocenters. The van der Waals surface area contributed by atoms with Crippen LogP contribution in [0.5, 0.6) is 0 Å². The van der Waals surface area contributed by atoms with E-state index in [0.29, 0.717) is 19.4 Å². The summed E-state index contributed by atoms with van der Waals surface area (Å²) in [6.07, 6.45) is 42.0. The number of ether oxygens (including phenoxy) is 2. The first-order valence-electron chi connectivity index (χ1n) is 19.8. The van der Waals surface area contributed by atoms with Crippen molar-refractivity contribution in [1.29, 1.82) is 0 Å². The fourth-order valence-electron chi connectivity index (χ4n) is 5.71. The third kappa shape index (κ3) is 35.2. The zero-order chi connectivity index (χ0) is 33.8. The monoisotopic (exact) mass is 648 g/mol. The number of unbranched alkanes of at least 4 members (excludes halogenated alkanes) is 22. The SMILES string of the molecule is CCCCCCCC/C=C\CCCCCCCC(=O)OC[C@@H](CN(C)C)OC(=O)CCCCCCC/C=C\CCCCCCCC. The first kappa shape index (κ1) is 44.4. The van der Waals surface area contributed by atoms with Gasteiger partial charge in [-0.25, -0.2) is 0 Å². The van der Waals surface area contributed by atoms with Gasteiger partial charge in [-0.05, 0) is 78.3 Å². The fourth-order valence-corrected chi connectivity index (χ4v) is 5.71. The van der Waals surface area contributed by atoms with E-state index in [1.54, 1.807) is 0 Å². The maximum atomic E-state index is 12.4. The van der Waals surface area contributed by atoms with E-state index in [1.807, 2.05) is 19.0 Å². The molecule has 0 amide bonds. The van der Waals surface area contributed by atoms with Gasteiger partial charge in [-0.1, -0.05) is 141 Å². The van der Waals surface area contributed by atoms with E-state index in [1.165, 1.54) is 128 Å². The lowest BCUT2D eigenvalue weighted by Gasteiger charge is -2.21. The topological polar surface area (TPSA) is 55.8 Å². The standard InChI is InChI=1S/C41H77NO4/c1-5-7-9-11-13-15-17-19-21-23-25-27-29-31-33-35-40(43)45-38-39(37-42(3)4)46-41(44)36-34-32-30-28-26-24-22-20-18-16-14-12-10-8-6-2/h19-22,39H,5-18,23-38H2,1-4H3/b21-19-,22-20-/t39-/m1/s1. The molecular formula is C41H77NO4. The quantitative estimate of drug-likeness (QED) is 0.0389. The lowest BCUT2D eigenvalue weighted by molar-refractivity contribution is -0.160. The second-order valence-corrected chi connectivity index (χ2v) is 13.7. The lowest BCUT2D eigenvalue weighted by atomic mass is 10.1. The molecule has 0 N–H and O–H groups in total. The van der Waals surface area contributed by atoms with E-state index >= 15 is 0 Å². The zero-order valence-corrected chi connectivity index (χ0v) is 31.2. The summed E-state index contributed by atoms with van der Waals surface area (Å²) in [7, 11) is 3.88. The van der Waals surface area contributed by atoms with E-state index < -0.39 is 6.10 Å². The molecule has 0 saturated carbocycles. The number of carbonyl (C=O) groups is 2. The summed E-state index contributed by atoms with van der Waals surface area (Å²) in [4.78, 5) is 26.7. The maximum absolute atomic E-state index is 12.4. The van der Waals surface area contributed by atoms with Crippen LogP contribution in [-0.2, 0) is 19.1 Å². The molecule has 0 bridgehead atoms. The van der Waals surface area contributed by atoms with E-state index in [4.69, 9.17) is 9.47 Å². The van der Waals surface area contributed by atoms with Gasteiger partial charge in [-0.3, -0.25) is 9.59 Å². The Morgan fingerprint density at radius 1 is 0.500 bits per heavy atom. The van der Waals surface area contributed by atoms with E-state index in [2.05, 4.69) is 38.2 Å². The van der Waals surface area contributed by atoms with Crippen molar-refractivity contribution in [2.24, 2.45) is 0 Å². The number of likely N-dealkylation sites (N-methyl/N-ethyl adjacent to an activating group) is 1. The molecule has 0 aliphatic carbocycles. The van der Waals surface area contributed by atoms with Gasteiger partial charge in [0.1, 0.15) is 12.7 Å². The van der Waals surface area contributed by atoms with Crippen LogP contribution in [0.2, 0.25) is 0 Å². The molecule has 0 aromatic heterocycles. The first-order valence-corrected chi connectivity index (χ1v) is 19.8. The smallest absolute Gasteiger partial charge is 0.306 e. The third-order valence-electron chi connectivity index (χ3n) is 8.58. The minimum atomic E-state index is -0.413. The predicted molar refractivity (Wildman–Crippen MR) is 198 cm³/mol. The summed E-state index contributed by atoms with van der Waals surface area (Å²) in [6.45, 7) is 5.23. The zero-order valence-electron chi connectivity index (χ0n) is 31.2. The third-order valence-corrected chi connectivity index (χ3v) is 8.58. The highest BCUT2D eigenvalue weighted by atomic mass is 16.6. The van der Waals surface area contributed by atoms with Crippen molar-refractivity contribution < 1.29 is 19.1 Å². The number of hydrogen-bond donors (Lipinski definition) is 0. The van der Waals surface area contributed by atoms with E-state index in [9.17, 15) is 9.59 Å². The molecule has 0 fully saturated rings. The van der Waals surface area contributed by atoms with Crippen molar-refractivity contribution in [3.63, 3.8) is 0 Å². The molecule has 0 saturated heterocycles. The van der Waals surface area contributed by atoms with Gasteiger partial charge in [0.2, 0.25) is 0 Å². The Morgan fingerprint density at radius 2 is 0.848 bits per heavy atom. The Hall–Kier alpha value is -1.62. The summed E-state index contributed by atoms with van der Waals surface area (Å²) in [6, 6.07) is 0. The maximum Gasteiger partial charge on any atom is 0.306 e. The largest absolute Gasteiger partial charge is 0.462 e. The Kier molecular flexibility index (Phi) is 34.9. The van der Waals surface area contributed by atoms with Crippen molar-refractivity contribution in [2.45, 2.75) is 200 Å². The highest BCUT2D eigenvalue weighted by Gasteiger charge is 2.18. The van der Waals surface area contributed by atoms with Crippen molar-refractivity contribution in [2.75, 3.05) is 27.2 Å². The molecule has 0 radical (unpaired) electrons. The highest BCUT2D eigenvalue weighted by molar-refractivity contribution is 5.70. The molecule has 0 aliphatic rings. The molecule has 0 aromatic rings. The van der Waals surface area contributed by atoms with Crippen molar-refractivity contribution >= 4 is 11.9 Å². The van der Waals surface area contributed by atoms with Gasteiger partial charge in [0.25, 0.3) is 0 Å². The molecule has 5 nitrogen and oxygen atoms in total. The average molecular weight is 648 g/mol. The van der Waals surface area contributed by atoms with Gasteiger partial charge in [0.15, 0.2) is 0 Å². The molecule has 5 heteroatoms. The van der Waals surface area contributed by atoms with Gasteiger partial charge in [0.05, 0.1) is 0 Å². The molecule has 0 aliphatic heterocycles. The van der Waals surface area contributed by atoms with Crippen LogP contribution in [0.3, 0.4) is 0 Å². The Labute approximate surface area is 286 Å². The van der Waals surface area contributed by atoms with Crippen LogP contribution in [0, 0.1) is 0 Å². The van der Waals surface area contributed by atoms with Crippen molar-refractivity contribution in [3.05, 3.63) is 24.3 Å². The highest BCUT2D eigenvalue weighted by Crippen LogP contribution is 2.13. The number of esters is 2. The molecule has 0 spiro atoms. The summed E-state index contributed by atoms with van der Waals surface area (Å²) in [5, 5.41) is 0. The van der Waals surface area contributed by atoms with Crippen LogP contribution >= 0.6 is 0 Å². The molecular weight excluding hydrogens is 570 g/mol. The number of hydrogen-bond acceptors (Lipinski definition) is 5. The molecule has 0 unspecified atom stereocenters. The number of nitrogens with zero attached hydrogens (tertiary/aromatic N) is 1. The van der Waals surface area contributed by atoms with Crippen molar-refractivity contribution in [3.8, 4) is 0 Å². The summed E-state index contributed by atoms with van der Waals surface area (Å²) < 4.78 is 11.2. The summed E-state index contributed by atoms with van der Waals surface area (Å²) >= 11 is 0. The van der Waals surface area contributed by atoms with Gasteiger partial charge < -0.3 is 14.4 Å². The molecule has 46 heavy (non-hydrogen) atoms. The summed E-state index contributed by atoms with van der Waals surface area (Å²) in [5.41, 5.74) is 0. The number of carbonyl (C=O) groups excluding carboxylic acids is 2. The Morgan fingerprint density at radius 3 is 1.24 bits per heavy atom. The lowest BCUT2D eigenvalue weighted by Crippen LogP contribution is -2.34. The number of rotatable bonds is 35. The fraction of sp³-hybridized carbons (Fsp3) is 0.854. The van der Waals surface area contributed by atoms with Gasteiger partial charge in [-0.15, -0.1) is 0 Å². The van der Waals surface area contributed by atoms with E-state index in [-0.39, 0.29) is 18.5 Å². The van der Waals surface area contributed by atoms with Crippen molar-refractivity contribution in [1.82, 2.24) is 4.90 Å². The van der Waals surface area contributed by atoms with E-state index in [0.717, 1.165) is 38.5 Å². The van der Waals surface area contributed by atoms with Gasteiger partial charge >= 0.3 is 11.9 Å². The van der Waals surface area contributed by atoms with Crippen LogP contribution in [0.1, 0.15) is 194 Å². The van der Waals surface area contributed by atoms with Crippen LogP contribution in [-0.4, -0.2) is 50.2 Å². The minimum Gasteiger partial charge on any atom is -0.462 e. The Bertz CT molecular complexity index is 717.